The van der Waals surface area contributed by atoms with Crippen molar-refractivity contribution in [2.75, 3.05) is 7.11 Å². The molecule has 0 spiro atoms. The van der Waals surface area contributed by atoms with E-state index in [1.807, 2.05) is 36.5 Å². The van der Waals surface area contributed by atoms with Crippen molar-refractivity contribution in [2.45, 2.75) is 19.5 Å². The summed E-state index contributed by atoms with van der Waals surface area (Å²) in [4.78, 5) is 4.14. The average Bonchev–Trinajstić information content (AvgIpc) is 2.96. The summed E-state index contributed by atoms with van der Waals surface area (Å²) in [5, 5.41) is 4.49. The zero-order valence-electron chi connectivity index (χ0n) is 12.2. The monoisotopic (exact) mass is 282 g/mol. The Hall–Kier alpha value is -2.33. The Labute approximate surface area is 123 Å². The third-order valence-corrected chi connectivity index (χ3v) is 3.55. The van der Waals surface area contributed by atoms with E-state index in [9.17, 15) is 0 Å². The number of aromatic nitrogens is 1. The molecule has 4 nitrogen and oxygen atoms in total. The van der Waals surface area contributed by atoms with Crippen LogP contribution in [0.25, 0.3) is 11.0 Å². The lowest BCUT2D eigenvalue weighted by Crippen LogP contribution is -2.17. The fourth-order valence-corrected chi connectivity index (χ4v) is 2.34. The third kappa shape index (κ3) is 2.90. The molecule has 0 bridgehead atoms. The molecule has 0 saturated heterocycles. The van der Waals surface area contributed by atoms with Gasteiger partial charge in [0.05, 0.1) is 13.7 Å². The van der Waals surface area contributed by atoms with Gasteiger partial charge in [-0.15, -0.1) is 0 Å². The fraction of sp³-hybridized carbons (Fsp3) is 0.235. The van der Waals surface area contributed by atoms with Crippen LogP contribution in [0.4, 0.5) is 0 Å². The van der Waals surface area contributed by atoms with E-state index in [0.29, 0.717) is 6.54 Å². The molecule has 2 aromatic heterocycles. The average molecular weight is 282 g/mol. The minimum Gasteiger partial charge on any atom is -0.493 e. The Morgan fingerprint density at radius 3 is 2.95 bits per heavy atom. The van der Waals surface area contributed by atoms with Crippen LogP contribution in [0.3, 0.4) is 0 Å². The van der Waals surface area contributed by atoms with Crippen LogP contribution in [0.15, 0.2) is 53.2 Å². The first-order chi connectivity index (χ1) is 10.3. The highest BCUT2D eigenvalue weighted by molar-refractivity contribution is 5.83. The van der Waals surface area contributed by atoms with Crippen LogP contribution in [0.5, 0.6) is 5.75 Å². The molecule has 0 amide bonds. The number of methoxy groups -OCH3 is 1. The van der Waals surface area contributed by atoms with Gasteiger partial charge in [-0.25, -0.2) is 0 Å². The molecule has 1 aromatic carbocycles. The molecular formula is C17H18N2O2. The van der Waals surface area contributed by atoms with Crippen molar-refractivity contribution in [1.29, 1.82) is 0 Å². The summed E-state index contributed by atoms with van der Waals surface area (Å²) in [7, 11) is 1.65. The summed E-state index contributed by atoms with van der Waals surface area (Å²) < 4.78 is 11.2. The van der Waals surface area contributed by atoms with Crippen LogP contribution in [0.1, 0.15) is 24.3 Å². The smallest absolute Gasteiger partial charge is 0.176 e. The van der Waals surface area contributed by atoms with Crippen molar-refractivity contribution < 1.29 is 9.15 Å². The Morgan fingerprint density at radius 2 is 2.19 bits per heavy atom. The molecule has 0 aliphatic rings. The number of fused-ring (bicyclic) bond motifs is 1. The Morgan fingerprint density at radius 1 is 1.29 bits per heavy atom. The van der Waals surface area contributed by atoms with Gasteiger partial charge in [0.15, 0.2) is 11.3 Å². The zero-order valence-corrected chi connectivity index (χ0v) is 12.2. The van der Waals surface area contributed by atoms with Gasteiger partial charge in [-0.1, -0.05) is 18.2 Å². The first-order valence-corrected chi connectivity index (χ1v) is 6.96. The number of ether oxygens (including phenoxy) is 1. The predicted octanol–water partition coefficient (Wildman–Crippen LogP) is 3.69. The quantitative estimate of drug-likeness (QED) is 0.775. The van der Waals surface area contributed by atoms with Crippen LogP contribution >= 0.6 is 0 Å². The molecule has 1 unspecified atom stereocenters. The topological polar surface area (TPSA) is 47.3 Å². The van der Waals surface area contributed by atoms with Crippen molar-refractivity contribution in [3.63, 3.8) is 0 Å². The Kier molecular flexibility index (Phi) is 3.88. The zero-order chi connectivity index (χ0) is 14.7. The number of rotatable bonds is 5. The van der Waals surface area contributed by atoms with E-state index in [1.165, 1.54) is 0 Å². The number of nitrogens with one attached hydrogen (secondary N) is 1. The number of furan rings is 1. The summed E-state index contributed by atoms with van der Waals surface area (Å²) in [6.07, 6.45) is 3.65. The Balaban J connectivity index is 1.74. The largest absolute Gasteiger partial charge is 0.493 e. The van der Waals surface area contributed by atoms with E-state index in [1.54, 1.807) is 13.3 Å². The lowest BCUT2D eigenvalue weighted by molar-refractivity contribution is 0.405. The lowest BCUT2D eigenvalue weighted by Gasteiger charge is -2.12. The van der Waals surface area contributed by atoms with Gasteiger partial charge in [-0.3, -0.25) is 4.98 Å². The molecule has 0 aliphatic carbocycles. The van der Waals surface area contributed by atoms with E-state index in [-0.39, 0.29) is 6.04 Å². The Bertz CT molecular complexity index is 722. The number of benzene rings is 1. The fourth-order valence-electron chi connectivity index (χ4n) is 2.34. The molecule has 0 saturated carbocycles. The highest BCUT2D eigenvalue weighted by atomic mass is 16.5. The van der Waals surface area contributed by atoms with Gasteiger partial charge in [0, 0.05) is 23.8 Å². The van der Waals surface area contributed by atoms with Gasteiger partial charge in [0.2, 0.25) is 0 Å². The SMILES string of the molecule is COc1cccc2cc(CNC(C)c3cccnc3)oc12. The second-order valence-electron chi connectivity index (χ2n) is 4.98. The highest BCUT2D eigenvalue weighted by Crippen LogP contribution is 2.28. The van der Waals surface area contributed by atoms with Crippen LogP contribution in [0.2, 0.25) is 0 Å². The molecule has 4 heteroatoms. The van der Waals surface area contributed by atoms with Crippen LogP contribution < -0.4 is 10.1 Å². The van der Waals surface area contributed by atoms with E-state index in [0.717, 1.165) is 28.0 Å². The maximum Gasteiger partial charge on any atom is 0.176 e. The number of nitrogens with zero attached hydrogens (tertiary/aromatic N) is 1. The summed E-state index contributed by atoms with van der Waals surface area (Å²) in [5.74, 6) is 1.66. The molecule has 0 aliphatic heterocycles. The van der Waals surface area contributed by atoms with Gasteiger partial charge in [0.25, 0.3) is 0 Å². The third-order valence-electron chi connectivity index (χ3n) is 3.55. The van der Waals surface area contributed by atoms with Crippen LogP contribution in [-0.2, 0) is 6.54 Å². The van der Waals surface area contributed by atoms with Gasteiger partial charge in [-0.05, 0) is 30.7 Å². The second kappa shape index (κ2) is 5.97. The standard InChI is InChI=1S/C17H18N2O2/c1-12(14-6-4-8-18-10-14)19-11-15-9-13-5-3-7-16(20-2)17(13)21-15/h3-10,12,19H,11H2,1-2H3. The van der Waals surface area contributed by atoms with Crippen LogP contribution in [-0.4, -0.2) is 12.1 Å². The second-order valence-corrected chi connectivity index (χ2v) is 4.98. The van der Waals surface area contributed by atoms with Gasteiger partial charge >= 0.3 is 0 Å². The predicted molar refractivity (Wildman–Crippen MR) is 82.3 cm³/mol. The summed E-state index contributed by atoms with van der Waals surface area (Å²) in [5.41, 5.74) is 1.96. The minimum absolute atomic E-state index is 0.216. The molecule has 0 fully saturated rings. The first kappa shape index (κ1) is 13.6. The summed E-state index contributed by atoms with van der Waals surface area (Å²) in [6, 6.07) is 12.2. The maximum atomic E-state index is 5.87. The number of para-hydroxylation sites is 1. The minimum atomic E-state index is 0.216. The summed E-state index contributed by atoms with van der Waals surface area (Å²) in [6.45, 7) is 2.77. The molecule has 2 heterocycles. The van der Waals surface area contributed by atoms with Gasteiger partial charge in [0.1, 0.15) is 5.76 Å². The summed E-state index contributed by atoms with van der Waals surface area (Å²) >= 11 is 0. The van der Waals surface area contributed by atoms with E-state index in [2.05, 4.69) is 23.3 Å². The van der Waals surface area contributed by atoms with Crippen molar-refractivity contribution in [2.24, 2.45) is 0 Å². The maximum absolute atomic E-state index is 5.87. The molecular weight excluding hydrogens is 264 g/mol. The number of hydrogen-bond acceptors (Lipinski definition) is 4. The molecule has 3 rings (SSSR count). The normalized spacial score (nSPS) is 12.5. The number of pyridine rings is 1. The van der Waals surface area contributed by atoms with E-state index >= 15 is 0 Å². The van der Waals surface area contributed by atoms with Gasteiger partial charge < -0.3 is 14.5 Å². The molecule has 21 heavy (non-hydrogen) atoms. The van der Waals surface area contributed by atoms with E-state index in [4.69, 9.17) is 9.15 Å². The molecule has 0 radical (unpaired) electrons. The number of hydrogen-bond donors (Lipinski definition) is 1. The van der Waals surface area contributed by atoms with Crippen LogP contribution in [0, 0.1) is 0 Å². The first-order valence-electron chi connectivity index (χ1n) is 6.96. The highest BCUT2D eigenvalue weighted by Gasteiger charge is 2.10. The van der Waals surface area contributed by atoms with Gasteiger partial charge in [-0.2, -0.15) is 0 Å². The molecule has 1 atom stereocenters. The lowest BCUT2D eigenvalue weighted by atomic mass is 10.1. The van der Waals surface area contributed by atoms with Crippen molar-refractivity contribution in [3.05, 3.63) is 60.1 Å². The van der Waals surface area contributed by atoms with Crippen molar-refractivity contribution in [3.8, 4) is 5.75 Å². The molecule has 108 valence electrons. The van der Waals surface area contributed by atoms with E-state index < -0.39 is 0 Å². The molecule has 3 aromatic rings. The molecule has 1 N–H and O–H groups in total. The van der Waals surface area contributed by atoms with Crippen molar-refractivity contribution >= 4 is 11.0 Å². The van der Waals surface area contributed by atoms with Crippen molar-refractivity contribution in [1.82, 2.24) is 10.3 Å².